The van der Waals surface area contributed by atoms with Crippen molar-refractivity contribution >= 4 is 5.82 Å². The molecule has 3 aromatic rings. The number of hydrogen-bond acceptors (Lipinski definition) is 4. The molecule has 0 saturated heterocycles. The molecule has 0 spiro atoms. The van der Waals surface area contributed by atoms with Gasteiger partial charge in [0.05, 0.1) is 24.1 Å². The highest BCUT2D eigenvalue weighted by Gasteiger charge is 2.12. The number of methoxy groups -OCH3 is 1. The van der Waals surface area contributed by atoms with Crippen molar-refractivity contribution in [2.75, 3.05) is 26.1 Å². The van der Waals surface area contributed by atoms with Gasteiger partial charge in [-0.2, -0.15) is 5.10 Å². The molecule has 0 fully saturated rings. The zero-order valence-electron chi connectivity index (χ0n) is 13.3. The van der Waals surface area contributed by atoms with Gasteiger partial charge in [-0.05, 0) is 18.2 Å². The Bertz CT molecular complexity index is 880. The quantitative estimate of drug-likeness (QED) is 0.776. The first-order valence-corrected chi connectivity index (χ1v) is 7.19. The predicted octanol–water partition coefficient (Wildman–Crippen LogP) is 2.51. The first-order chi connectivity index (χ1) is 11.1. The topological polar surface area (TPSA) is 74.0 Å². The van der Waals surface area contributed by atoms with Crippen molar-refractivity contribution in [2.45, 2.75) is 0 Å². The third kappa shape index (κ3) is 2.83. The van der Waals surface area contributed by atoms with Gasteiger partial charge in [-0.1, -0.05) is 12.1 Å². The van der Waals surface area contributed by atoms with Crippen LogP contribution in [-0.4, -0.2) is 36.4 Å². The van der Waals surface area contributed by atoms with Crippen LogP contribution in [0.3, 0.4) is 0 Å². The van der Waals surface area contributed by atoms with Crippen molar-refractivity contribution in [1.29, 1.82) is 0 Å². The molecule has 0 amide bonds. The van der Waals surface area contributed by atoms with Gasteiger partial charge in [0.1, 0.15) is 11.6 Å². The fraction of sp³-hybridized carbons (Fsp3) is 0.176. The van der Waals surface area contributed by atoms with Crippen molar-refractivity contribution in [2.24, 2.45) is 0 Å². The van der Waals surface area contributed by atoms with E-state index in [9.17, 15) is 4.79 Å². The SMILES string of the molecule is COc1ccccc1-c1cc(-c2c[nH]c(N(C)C)cc2=O)n[nH]1. The minimum atomic E-state index is -0.0782. The summed E-state index contributed by atoms with van der Waals surface area (Å²) in [7, 11) is 5.37. The average Bonchev–Trinajstić information content (AvgIpc) is 3.04. The molecule has 0 unspecified atom stereocenters. The summed E-state index contributed by atoms with van der Waals surface area (Å²) >= 11 is 0. The van der Waals surface area contributed by atoms with Gasteiger partial charge >= 0.3 is 0 Å². The highest BCUT2D eigenvalue weighted by atomic mass is 16.5. The number of anilines is 1. The van der Waals surface area contributed by atoms with Crippen LogP contribution in [-0.2, 0) is 0 Å². The molecular weight excluding hydrogens is 292 g/mol. The van der Waals surface area contributed by atoms with Crippen LogP contribution < -0.4 is 15.1 Å². The maximum absolute atomic E-state index is 12.3. The van der Waals surface area contributed by atoms with E-state index in [2.05, 4.69) is 15.2 Å². The van der Waals surface area contributed by atoms with Gasteiger partial charge in [-0.15, -0.1) is 0 Å². The van der Waals surface area contributed by atoms with Crippen LogP contribution in [0.4, 0.5) is 5.82 Å². The second-order valence-electron chi connectivity index (χ2n) is 5.36. The van der Waals surface area contributed by atoms with Gasteiger partial charge < -0.3 is 14.6 Å². The van der Waals surface area contributed by atoms with Crippen molar-refractivity contribution in [3.8, 4) is 28.3 Å². The molecule has 0 atom stereocenters. The van der Waals surface area contributed by atoms with Gasteiger partial charge in [0.25, 0.3) is 0 Å². The lowest BCUT2D eigenvalue weighted by atomic mass is 10.1. The maximum Gasteiger partial charge on any atom is 0.193 e. The standard InChI is InChI=1S/C17H18N4O2/c1-21(2)17-9-15(22)12(10-18-17)14-8-13(19-20-14)11-6-4-5-7-16(11)23-3/h4-10H,1-3H3,(H,18,22)(H,19,20). The monoisotopic (exact) mass is 310 g/mol. The van der Waals surface area contributed by atoms with E-state index < -0.39 is 0 Å². The number of nitrogens with zero attached hydrogens (tertiary/aromatic N) is 2. The Morgan fingerprint density at radius 1 is 1.13 bits per heavy atom. The summed E-state index contributed by atoms with van der Waals surface area (Å²) in [6.07, 6.45) is 1.68. The fourth-order valence-corrected chi connectivity index (χ4v) is 2.38. The van der Waals surface area contributed by atoms with Crippen LogP contribution in [0.1, 0.15) is 0 Å². The number of benzene rings is 1. The molecule has 0 aliphatic heterocycles. The van der Waals surface area contributed by atoms with E-state index in [0.29, 0.717) is 11.3 Å². The van der Waals surface area contributed by atoms with Crippen molar-refractivity contribution < 1.29 is 4.74 Å². The molecule has 2 heterocycles. The van der Waals surface area contributed by atoms with E-state index in [4.69, 9.17) is 4.74 Å². The molecule has 0 aliphatic rings. The number of aromatic nitrogens is 3. The average molecular weight is 310 g/mol. The normalized spacial score (nSPS) is 10.6. The zero-order valence-corrected chi connectivity index (χ0v) is 13.3. The molecule has 2 N–H and O–H groups in total. The summed E-state index contributed by atoms with van der Waals surface area (Å²) in [5.41, 5.74) is 2.74. The van der Waals surface area contributed by atoms with Crippen LogP contribution in [0.2, 0.25) is 0 Å². The molecule has 3 rings (SSSR count). The van der Waals surface area contributed by atoms with Crippen LogP contribution in [0.25, 0.3) is 22.5 Å². The first-order valence-electron chi connectivity index (χ1n) is 7.19. The molecule has 0 radical (unpaired) electrons. The van der Waals surface area contributed by atoms with E-state index in [1.807, 2.05) is 49.3 Å². The lowest BCUT2D eigenvalue weighted by molar-refractivity contribution is 0.416. The number of aromatic amines is 2. The maximum atomic E-state index is 12.3. The van der Waals surface area contributed by atoms with Crippen molar-refractivity contribution in [3.05, 3.63) is 52.8 Å². The molecule has 0 aliphatic carbocycles. The number of hydrogen-bond donors (Lipinski definition) is 2. The Balaban J connectivity index is 2.01. The number of H-pyrrole nitrogens is 2. The lowest BCUT2D eigenvalue weighted by Crippen LogP contribution is -2.15. The molecule has 6 heteroatoms. The van der Waals surface area contributed by atoms with Crippen molar-refractivity contribution in [1.82, 2.24) is 15.2 Å². The summed E-state index contributed by atoms with van der Waals surface area (Å²) in [4.78, 5) is 17.2. The largest absolute Gasteiger partial charge is 0.496 e. The molecule has 6 nitrogen and oxygen atoms in total. The highest BCUT2D eigenvalue weighted by molar-refractivity contribution is 5.72. The van der Waals surface area contributed by atoms with E-state index in [1.54, 1.807) is 19.4 Å². The van der Waals surface area contributed by atoms with Gasteiger partial charge in [0.2, 0.25) is 0 Å². The summed E-state index contributed by atoms with van der Waals surface area (Å²) in [5.74, 6) is 1.50. The Labute approximate surface area is 133 Å². The van der Waals surface area contributed by atoms with Crippen LogP contribution >= 0.6 is 0 Å². The smallest absolute Gasteiger partial charge is 0.193 e. The summed E-state index contributed by atoms with van der Waals surface area (Å²) < 4.78 is 5.36. The molecule has 23 heavy (non-hydrogen) atoms. The van der Waals surface area contributed by atoms with Gasteiger partial charge in [0, 0.05) is 31.9 Å². The van der Waals surface area contributed by atoms with Gasteiger partial charge in [-0.3, -0.25) is 9.89 Å². The summed E-state index contributed by atoms with van der Waals surface area (Å²) in [5, 5.41) is 7.23. The molecule has 2 aromatic heterocycles. The number of pyridine rings is 1. The molecule has 0 bridgehead atoms. The molecular formula is C17H18N4O2. The number of ether oxygens (including phenoxy) is 1. The van der Waals surface area contributed by atoms with Crippen LogP contribution in [0.15, 0.2) is 47.4 Å². The Morgan fingerprint density at radius 3 is 2.61 bits per heavy atom. The lowest BCUT2D eigenvalue weighted by Gasteiger charge is -2.11. The fourth-order valence-electron chi connectivity index (χ4n) is 2.38. The summed E-state index contributed by atoms with van der Waals surface area (Å²) in [6, 6.07) is 11.1. The van der Waals surface area contributed by atoms with Gasteiger partial charge in [-0.25, -0.2) is 0 Å². The van der Waals surface area contributed by atoms with Crippen molar-refractivity contribution in [3.63, 3.8) is 0 Å². The molecule has 118 valence electrons. The predicted molar refractivity (Wildman–Crippen MR) is 91.0 cm³/mol. The third-order valence-corrected chi connectivity index (χ3v) is 3.63. The van der Waals surface area contributed by atoms with Crippen LogP contribution in [0, 0.1) is 0 Å². The highest BCUT2D eigenvalue weighted by Crippen LogP contribution is 2.29. The van der Waals surface area contributed by atoms with Crippen LogP contribution in [0.5, 0.6) is 5.75 Å². The zero-order chi connectivity index (χ0) is 16.4. The second kappa shape index (κ2) is 6.00. The number of rotatable bonds is 4. The number of para-hydroxylation sites is 1. The Kier molecular flexibility index (Phi) is 3.89. The molecule has 1 aromatic carbocycles. The molecule has 0 saturated carbocycles. The first kappa shape index (κ1) is 14.9. The van der Waals surface area contributed by atoms with E-state index in [1.165, 1.54) is 0 Å². The van der Waals surface area contributed by atoms with Gasteiger partial charge in [0.15, 0.2) is 5.43 Å². The van der Waals surface area contributed by atoms with E-state index >= 15 is 0 Å². The Morgan fingerprint density at radius 2 is 1.91 bits per heavy atom. The Hall–Kier alpha value is -3.02. The minimum absolute atomic E-state index is 0.0782. The van der Waals surface area contributed by atoms with E-state index in [0.717, 1.165) is 22.8 Å². The third-order valence-electron chi connectivity index (χ3n) is 3.63. The minimum Gasteiger partial charge on any atom is -0.496 e. The second-order valence-corrected chi connectivity index (χ2v) is 5.36. The summed E-state index contributed by atoms with van der Waals surface area (Å²) in [6.45, 7) is 0. The number of nitrogens with one attached hydrogen (secondary N) is 2. The van der Waals surface area contributed by atoms with E-state index in [-0.39, 0.29) is 5.43 Å².